The summed E-state index contributed by atoms with van der Waals surface area (Å²) >= 11 is 0. The molecule has 7 nitrogen and oxygen atoms in total. The molecule has 3 heterocycles. The monoisotopic (exact) mass is 365 g/mol. The first-order valence-electron chi connectivity index (χ1n) is 9.36. The highest BCUT2D eigenvalue weighted by Crippen LogP contribution is 2.31. The molecule has 2 aliphatic rings. The molecule has 2 fully saturated rings. The summed E-state index contributed by atoms with van der Waals surface area (Å²) in [5.74, 6) is 0.0360. The molecule has 0 bridgehead atoms. The number of rotatable bonds is 4. The van der Waals surface area contributed by atoms with Gasteiger partial charge in [0.25, 0.3) is 5.91 Å². The predicted molar refractivity (Wildman–Crippen MR) is 101 cm³/mol. The topological polar surface area (TPSA) is 78.4 Å². The highest BCUT2D eigenvalue weighted by atomic mass is 16.2. The normalized spacial score (nSPS) is 18.5. The number of likely N-dealkylation sites (tertiary alicyclic amines) is 2. The highest BCUT2D eigenvalue weighted by Gasteiger charge is 2.45. The van der Waals surface area contributed by atoms with Crippen molar-refractivity contribution in [3.8, 4) is 0 Å². The van der Waals surface area contributed by atoms with Gasteiger partial charge in [-0.25, -0.2) is 9.97 Å². The van der Waals surface area contributed by atoms with Crippen molar-refractivity contribution in [3.05, 3.63) is 54.6 Å². The molecule has 1 aromatic heterocycles. The Morgan fingerprint density at radius 3 is 2.30 bits per heavy atom. The Balaban J connectivity index is 1.51. The number of nitrogens with one attached hydrogen (secondary N) is 1. The molecule has 0 radical (unpaired) electrons. The number of nitrogens with zero attached hydrogens (tertiary/aromatic N) is 4. The molecule has 140 valence electrons. The van der Waals surface area contributed by atoms with Crippen LogP contribution in [0.1, 0.15) is 29.8 Å². The van der Waals surface area contributed by atoms with Crippen molar-refractivity contribution in [2.24, 2.45) is 0 Å². The average molecular weight is 365 g/mol. The van der Waals surface area contributed by atoms with E-state index in [-0.39, 0.29) is 11.8 Å². The highest BCUT2D eigenvalue weighted by molar-refractivity contribution is 5.93. The van der Waals surface area contributed by atoms with Crippen LogP contribution in [0.25, 0.3) is 0 Å². The van der Waals surface area contributed by atoms with Gasteiger partial charge in [-0.2, -0.15) is 0 Å². The zero-order valence-corrected chi connectivity index (χ0v) is 15.2. The van der Waals surface area contributed by atoms with Gasteiger partial charge in [0.1, 0.15) is 17.6 Å². The Morgan fingerprint density at radius 2 is 1.70 bits per heavy atom. The van der Waals surface area contributed by atoms with Crippen molar-refractivity contribution in [2.45, 2.75) is 24.8 Å². The zero-order chi connectivity index (χ0) is 18.7. The van der Waals surface area contributed by atoms with Gasteiger partial charge in [-0.15, -0.1) is 0 Å². The van der Waals surface area contributed by atoms with E-state index in [9.17, 15) is 9.59 Å². The van der Waals surface area contributed by atoms with E-state index < -0.39 is 5.54 Å². The number of anilines is 1. The minimum absolute atomic E-state index is 0.109. The molecule has 1 aromatic carbocycles. The minimum Gasteiger partial charge on any atom is -0.371 e. The van der Waals surface area contributed by atoms with Crippen LogP contribution in [0.15, 0.2) is 48.9 Å². The summed E-state index contributed by atoms with van der Waals surface area (Å²) in [6.07, 6.45) is 5.16. The lowest BCUT2D eigenvalue weighted by atomic mass is 9.84. The van der Waals surface area contributed by atoms with Gasteiger partial charge in [0, 0.05) is 38.1 Å². The Morgan fingerprint density at radius 1 is 0.963 bits per heavy atom. The summed E-state index contributed by atoms with van der Waals surface area (Å²) in [7, 11) is 0. The first-order valence-corrected chi connectivity index (χ1v) is 9.36. The molecule has 0 spiro atoms. The van der Waals surface area contributed by atoms with Gasteiger partial charge in [0.15, 0.2) is 0 Å². The summed E-state index contributed by atoms with van der Waals surface area (Å²) < 4.78 is 0. The summed E-state index contributed by atoms with van der Waals surface area (Å²) in [6.45, 7) is 2.67. The lowest BCUT2D eigenvalue weighted by Crippen LogP contribution is -2.62. The summed E-state index contributed by atoms with van der Waals surface area (Å²) in [5, 5.41) is 3.49. The Labute approximate surface area is 158 Å². The minimum atomic E-state index is -0.662. The van der Waals surface area contributed by atoms with Crippen LogP contribution in [0.3, 0.4) is 0 Å². The van der Waals surface area contributed by atoms with E-state index in [0.717, 1.165) is 25.2 Å². The van der Waals surface area contributed by atoms with Gasteiger partial charge >= 0.3 is 0 Å². The third-order valence-corrected chi connectivity index (χ3v) is 5.42. The zero-order valence-electron chi connectivity index (χ0n) is 15.2. The Bertz CT molecular complexity index is 800. The van der Waals surface area contributed by atoms with Gasteiger partial charge in [-0.05, 0) is 37.5 Å². The van der Waals surface area contributed by atoms with E-state index in [2.05, 4.69) is 15.3 Å². The number of amides is 2. The molecule has 0 saturated carbocycles. The number of para-hydroxylation sites is 1. The first-order chi connectivity index (χ1) is 13.2. The maximum Gasteiger partial charge on any atom is 0.272 e. The number of hydrogen-bond donors (Lipinski definition) is 1. The number of carbonyl (C=O) groups is 2. The third-order valence-electron chi connectivity index (χ3n) is 5.42. The van der Waals surface area contributed by atoms with E-state index in [1.807, 2.05) is 35.2 Å². The van der Waals surface area contributed by atoms with Gasteiger partial charge in [-0.3, -0.25) is 9.59 Å². The molecule has 0 unspecified atom stereocenters. The number of carbonyl (C=O) groups excluding carboxylic acids is 2. The first kappa shape index (κ1) is 17.5. The second-order valence-corrected chi connectivity index (χ2v) is 7.11. The van der Waals surface area contributed by atoms with Gasteiger partial charge < -0.3 is 15.1 Å². The fourth-order valence-electron chi connectivity index (χ4n) is 3.68. The van der Waals surface area contributed by atoms with E-state index in [1.54, 1.807) is 17.2 Å². The molecule has 2 saturated heterocycles. The fourth-order valence-corrected chi connectivity index (χ4v) is 3.68. The molecule has 2 aliphatic heterocycles. The molecule has 0 atom stereocenters. The molecule has 2 amide bonds. The molecule has 2 aromatic rings. The van der Waals surface area contributed by atoms with Crippen LogP contribution in [0, 0.1) is 0 Å². The lowest BCUT2D eigenvalue weighted by molar-refractivity contribution is -0.141. The van der Waals surface area contributed by atoms with E-state index >= 15 is 0 Å². The van der Waals surface area contributed by atoms with Gasteiger partial charge in [-0.1, -0.05) is 18.2 Å². The smallest absolute Gasteiger partial charge is 0.272 e. The molecular weight excluding hydrogens is 342 g/mol. The van der Waals surface area contributed by atoms with E-state index in [0.29, 0.717) is 31.6 Å². The van der Waals surface area contributed by atoms with Crippen molar-refractivity contribution >= 4 is 17.5 Å². The fraction of sp³-hybridized carbons (Fsp3) is 0.400. The predicted octanol–water partition coefficient (Wildman–Crippen LogP) is 1.80. The van der Waals surface area contributed by atoms with Crippen LogP contribution < -0.4 is 5.32 Å². The van der Waals surface area contributed by atoms with Crippen LogP contribution in [0.4, 0.5) is 5.69 Å². The van der Waals surface area contributed by atoms with Crippen molar-refractivity contribution < 1.29 is 9.59 Å². The standard InChI is InChI=1S/C20H23N5O2/c26-18(17-7-10-21-15-22-17)24-13-8-20(9-14-24,19(27)25-11-4-12-25)23-16-5-2-1-3-6-16/h1-3,5-7,10,15,23H,4,8-9,11-14H2. The van der Waals surface area contributed by atoms with E-state index in [1.165, 1.54) is 6.33 Å². The summed E-state index contributed by atoms with van der Waals surface area (Å²) in [4.78, 5) is 37.5. The average Bonchev–Trinajstić information content (AvgIpc) is 2.68. The summed E-state index contributed by atoms with van der Waals surface area (Å²) in [6, 6.07) is 11.4. The SMILES string of the molecule is O=C(c1ccncn1)N1CCC(Nc2ccccc2)(C(=O)N2CCC2)CC1. The van der Waals surface area contributed by atoms with Crippen molar-refractivity contribution in [1.82, 2.24) is 19.8 Å². The number of benzene rings is 1. The Kier molecular flexibility index (Phi) is 4.75. The second kappa shape index (κ2) is 7.34. The Hall–Kier alpha value is -2.96. The molecule has 27 heavy (non-hydrogen) atoms. The maximum atomic E-state index is 13.2. The number of aromatic nitrogens is 2. The molecule has 7 heteroatoms. The van der Waals surface area contributed by atoms with Crippen molar-refractivity contribution in [1.29, 1.82) is 0 Å². The molecule has 1 N–H and O–H groups in total. The summed E-state index contributed by atoms with van der Waals surface area (Å²) in [5.41, 5.74) is 0.661. The van der Waals surface area contributed by atoms with E-state index in [4.69, 9.17) is 0 Å². The molecule has 0 aliphatic carbocycles. The van der Waals surface area contributed by atoms with Crippen molar-refractivity contribution in [2.75, 3.05) is 31.5 Å². The van der Waals surface area contributed by atoms with Crippen molar-refractivity contribution in [3.63, 3.8) is 0 Å². The van der Waals surface area contributed by atoms with Gasteiger partial charge in [0.2, 0.25) is 5.91 Å². The van der Waals surface area contributed by atoms with Crippen LogP contribution >= 0.6 is 0 Å². The van der Waals surface area contributed by atoms with Crippen LogP contribution in [0.2, 0.25) is 0 Å². The molecular formula is C20H23N5O2. The quantitative estimate of drug-likeness (QED) is 0.894. The van der Waals surface area contributed by atoms with Crippen LogP contribution in [-0.4, -0.2) is 63.3 Å². The lowest BCUT2D eigenvalue weighted by Gasteiger charge is -2.46. The van der Waals surface area contributed by atoms with Gasteiger partial charge in [0.05, 0.1) is 0 Å². The maximum absolute atomic E-state index is 13.2. The number of hydrogen-bond acceptors (Lipinski definition) is 5. The molecule has 4 rings (SSSR count). The largest absolute Gasteiger partial charge is 0.371 e. The third kappa shape index (κ3) is 3.49. The van der Waals surface area contributed by atoms with Crippen LogP contribution in [-0.2, 0) is 4.79 Å². The number of piperidine rings is 1. The second-order valence-electron chi connectivity index (χ2n) is 7.11. The van der Waals surface area contributed by atoms with Crippen LogP contribution in [0.5, 0.6) is 0 Å².